The van der Waals surface area contributed by atoms with Crippen molar-refractivity contribution < 1.29 is 4.79 Å². The van der Waals surface area contributed by atoms with Gasteiger partial charge in [-0.25, -0.2) is 0 Å². The van der Waals surface area contributed by atoms with Crippen LogP contribution in [-0.4, -0.2) is 62.7 Å². The SMILES string of the molecule is CNC(=O)CN1CCC(NC2CCCNC2)CC1. The van der Waals surface area contributed by atoms with Crippen LogP contribution in [-0.2, 0) is 4.79 Å². The normalized spacial score (nSPS) is 27.1. The van der Waals surface area contributed by atoms with E-state index in [2.05, 4.69) is 20.9 Å². The van der Waals surface area contributed by atoms with Crippen LogP contribution in [0.4, 0.5) is 0 Å². The van der Waals surface area contributed by atoms with E-state index in [1.54, 1.807) is 7.05 Å². The fourth-order valence-electron chi connectivity index (χ4n) is 2.87. The molecular formula is C13H26N4O. The molecule has 0 saturated carbocycles. The smallest absolute Gasteiger partial charge is 0.233 e. The first kappa shape index (κ1) is 13.8. The lowest BCUT2D eigenvalue weighted by molar-refractivity contribution is -0.122. The van der Waals surface area contributed by atoms with Gasteiger partial charge in [0, 0.05) is 38.8 Å². The number of nitrogens with zero attached hydrogens (tertiary/aromatic N) is 1. The minimum absolute atomic E-state index is 0.123. The van der Waals surface area contributed by atoms with E-state index >= 15 is 0 Å². The average molecular weight is 254 g/mol. The number of nitrogens with one attached hydrogen (secondary N) is 3. The summed E-state index contributed by atoms with van der Waals surface area (Å²) in [5.41, 5.74) is 0. The second-order valence-corrected chi connectivity index (χ2v) is 5.43. The zero-order chi connectivity index (χ0) is 12.8. The number of carbonyl (C=O) groups excluding carboxylic acids is 1. The highest BCUT2D eigenvalue weighted by molar-refractivity contribution is 5.77. The van der Waals surface area contributed by atoms with Gasteiger partial charge in [0.1, 0.15) is 0 Å². The lowest BCUT2D eigenvalue weighted by Crippen LogP contribution is -2.51. The molecule has 5 nitrogen and oxygen atoms in total. The number of likely N-dealkylation sites (N-methyl/N-ethyl adjacent to an activating group) is 1. The van der Waals surface area contributed by atoms with E-state index in [0.717, 1.165) is 32.5 Å². The van der Waals surface area contributed by atoms with Gasteiger partial charge < -0.3 is 16.0 Å². The van der Waals surface area contributed by atoms with Crippen molar-refractivity contribution in [2.24, 2.45) is 0 Å². The van der Waals surface area contributed by atoms with Crippen LogP contribution < -0.4 is 16.0 Å². The van der Waals surface area contributed by atoms with Crippen LogP contribution in [0, 0.1) is 0 Å². The Hall–Kier alpha value is -0.650. The third kappa shape index (κ3) is 4.23. The molecule has 2 saturated heterocycles. The highest BCUT2D eigenvalue weighted by Gasteiger charge is 2.23. The van der Waals surface area contributed by atoms with Gasteiger partial charge in [-0.05, 0) is 32.2 Å². The van der Waals surface area contributed by atoms with E-state index in [1.165, 1.54) is 19.4 Å². The first-order chi connectivity index (χ1) is 8.78. The standard InChI is InChI=1S/C13H26N4O/c1-14-13(18)10-17-7-4-11(5-8-17)16-12-3-2-6-15-9-12/h11-12,15-16H,2-10H2,1H3,(H,14,18). The summed E-state index contributed by atoms with van der Waals surface area (Å²) >= 11 is 0. The van der Waals surface area contributed by atoms with E-state index in [9.17, 15) is 4.79 Å². The van der Waals surface area contributed by atoms with Gasteiger partial charge >= 0.3 is 0 Å². The molecule has 1 atom stereocenters. The van der Waals surface area contributed by atoms with Crippen molar-refractivity contribution >= 4 is 5.91 Å². The predicted octanol–water partition coefficient (Wildman–Crippen LogP) is -0.462. The molecular weight excluding hydrogens is 228 g/mol. The predicted molar refractivity (Wildman–Crippen MR) is 72.6 cm³/mol. The molecule has 0 spiro atoms. The number of amides is 1. The van der Waals surface area contributed by atoms with Crippen LogP contribution >= 0.6 is 0 Å². The Labute approximate surface area is 110 Å². The molecule has 0 radical (unpaired) electrons. The molecule has 2 heterocycles. The summed E-state index contributed by atoms with van der Waals surface area (Å²) in [6.45, 7) is 4.89. The van der Waals surface area contributed by atoms with Gasteiger partial charge in [0.05, 0.1) is 6.54 Å². The molecule has 0 aliphatic carbocycles. The third-order valence-corrected chi connectivity index (χ3v) is 4.00. The second-order valence-electron chi connectivity index (χ2n) is 5.43. The zero-order valence-corrected chi connectivity index (χ0v) is 11.4. The Bertz CT molecular complexity index is 258. The van der Waals surface area contributed by atoms with Crippen molar-refractivity contribution in [2.45, 2.75) is 37.8 Å². The van der Waals surface area contributed by atoms with E-state index in [4.69, 9.17) is 0 Å². The van der Waals surface area contributed by atoms with Crippen LogP contribution in [0.25, 0.3) is 0 Å². The van der Waals surface area contributed by atoms with Crippen LogP contribution in [0.2, 0.25) is 0 Å². The molecule has 3 N–H and O–H groups in total. The Morgan fingerprint density at radius 2 is 2.06 bits per heavy atom. The number of piperidine rings is 2. The molecule has 1 amide bonds. The average Bonchev–Trinajstić information content (AvgIpc) is 2.42. The molecule has 2 aliphatic rings. The maximum Gasteiger partial charge on any atom is 0.233 e. The van der Waals surface area contributed by atoms with Gasteiger partial charge in [-0.3, -0.25) is 9.69 Å². The minimum Gasteiger partial charge on any atom is -0.358 e. The number of hydrogen-bond acceptors (Lipinski definition) is 4. The van der Waals surface area contributed by atoms with Gasteiger partial charge in [0.15, 0.2) is 0 Å². The quantitative estimate of drug-likeness (QED) is 0.635. The largest absolute Gasteiger partial charge is 0.358 e. The molecule has 104 valence electrons. The summed E-state index contributed by atoms with van der Waals surface area (Å²) in [4.78, 5) is 13.5. The lowest BCUT2D eigenvalue weighted by Gasteiger charge is -2.35. The Morgan fingerprint density at radius 3 is 2.67 bits per heavy atom. The Kier molecular flexibility index (Phi) is 5.41. The first-order valence-corrected chi connectivity index (χ1v) is 7.17. The maximum absolute atomic E-state index is 11.3. The molecule has 1 unspecified atom stereocenters. The molecule has 2 fully saturated rings. The fraction of sp³-hybridized carbons (Fsp3) is 0.923. The summed E-state index contributed by atoms with van der Waals surface area (Å²) in [5, 5.41) is 9.88. The summed E-state index contributed by atoms with van der Waals surface area (Å²) in [6, 6.07) is 1.28. The van der Waals surface area contributed by atoms with Gasteiger partial charge in [0.2, 0.25) is 5.91 Å². The monoisotopic (exact) mass is 254 g/mol. The Morgan fingerprint density at radius 1 is 1.28 bits per heavy atom. The minimum atomic E-state index is 0.123. The number of hydrogen-bond donors (Lipinski definition) is 3. The van der Waals surface area contributed by atoms with Crippen LogP contribution in [0.5, 0.6) is 0 Å². The lowest BCUT2D eigenvalue weighted by atomic mass is 10.0. The van der Waals surface area contributed by atoms with Crippen LogP contribution in [0.3, 0.4) is 0 Å². The van der Waals surface area contributed by atoms with Gasteiger partial charge in [-0.1, -0.05) is 0 Å². The summed E-state index contributed by atoms with van der Waals surface area (Å²) < 4.78 is 0. The number of rotatable bonds is 4. The highest BCUT2D eigenvalue weighted by atomic mass is 16.1. The van der Waals surface area contributed by atoms with Crippen molar-refractivity contribution in [3.63, 3.8) is 0 Å². The van der Waals surface area contributed by atoms with Crippen molar-refractivity contribution in [2.75, 3.05) is 39.8 Å². The third-order valence-electron chi connectivity index (χ3n) is 4.00. The molecule has 0 bridgehead atoms. The molecule has 0 aromatic heterocycles. The number of carbonyl (C=O) groups is 1. The van der Waals surface area contributed by atoms with Crippen molar-refractivity contribution in [1.29, 1.82) is 0 Å². The fourth-order valence-corrected chi connectivity index (χ4v) is 2.87. The highest BCUT2D eigenvalue weighted by Crippen LogP contribution is 2.12. The first-order valence-electron chi connectivity index (χ1n) is 7.17. The van der Waals surface area contributed by atoms with Crippen molar-refractivity contribution in [3.05, 3.63) is 0 Å². The summed E-state index contributed by atoms with van der Waals surface area (Å²) in [5.74, 6) is 0.123. The maximum atomic E-state index is 11.3. The van der Waals surface area contributed by atoms with E-state index < -0.39 is 0 Å². The van der Waals surface area contributed by atoms with Crippen molar-refractivity contribution in [3.8, 4) is 0 Å². The molecule has 5 heteroatoms. The van der Waals surface area contributed by atoms with Gasteiger partial charge in [-0.2, -0.15) is 0 Å². The van der Waals surface area contributed by atoms with Crippen LogP contribution in [0.15, 0.2) is 0 Å². The molecule has 18 heavy (non-hydrogen) atoms. The summed E-state index contributed by atoms with van der Waals surface area (Å²) in [7, 11) is 1.70. The topological polar surface area (TPSA) is 56.4 Å². The molecule has 2 aliphatic heterocycles. The zero-order valence-electron chi connectivity index (χ0n) is 11.4. The second kappa shape index (κ2) is 7.07. The Balaban J connectivity index is 1.65. The van der Waals surface area contributed by atoms with E-state index in [-0.39, 0.29) is 5.91 Å². The molecule has 0 aromatic carbocycles. The van der Waals surface area contributed by atoms with Gasteiger partial charge in [-0.15, -0.1) is 0 Å². The number of likely N-dealkylation sites (tertiary alicyclic amines) is 1. The van der Waals surface area contributed by atoms with Crippen molar-refractivity contribution in [1.82, 2.24) is 20.9 Å². The van der Waals surface area contributed by atoms with Gasteiger partial charge in [0.25, 0.3) is 0 Å². The van der Waals surface area contributed by atoms with Crippen LogP contribution in [0.1, 0.15) is 25.7 Å². The van der Waals surface area contributed by atoms with E-state index in [1.807, 2.05) is 0 Å². The van der Waals surface area contributed by atoms with E-state index in [0.29, 0.717) is 18.6 Å². The summed E-state index contributed by atoms with van der Waals surface area (Å²) in [6.07, 6.45) is 4.90. The molecule has 0 aromatic rings. The molecule has 2 rings (SSSR count).